The number of amides is 2. The lowest BCUT2D eigenvalue weighted by molar-refractivity contribution is -0.130. The topological polar surface area (TPSA) is 118 Å². The number of piperazine rings is 1. The lowest BCUT2D eigenvalue weighted by Gasteiger charge is -2.50. The van der Waals surface area contributed by atoms with Crippen LogP contribution in [0.25, 0.3) is 27.7 Å². The van der Waals surface area contributed by atoms with Crippen molar-refractivity contribution in [2.75, 3.05) is 35.7 Å². The molecule has 50 heavy (non-hydrogen) atoms. The molecule has 1 saturated heterocycles. The molecule has 10 nitrogen and oxygen atoms in total. The Hall–Kier alpha value is -4.26. The second-order valence-electron chi connectivity index (χ2n) is 13.1. The average molecular weight is 745 g/mol. The number of carbonyl (C=O) groups excluding carboxylic acids is 2. The minimum Gasteiger partial charge on any atom is -0.397 e. The Bertz CT molecular complexity index is 2160. The summed E-state index contributed by atoms with van der Waals surface area (Å²) in [5.74, 6) is -3.32. The van der Waals surface area contributed by atoms with Crippen LogP contribution in [0.15, 0.2) is 35.9 Å². The van der Waals surface area contributed by atoms with Gasteiger partial charge >= 0.3 is 0 Å². The molecule has 0 radical (unpaired) electrons. The van der Waals surface area contributed by atoms with E-state index in [4.69, 9.17) is 40.5 Å². The van der Waals surface area contributed by atoms with Crippen molar-refractivity contribution in [1.29, 1.82) is 0 Å². The average Bonchev–Trinajstić information content (AvgIpc) is 3.06. The third kappa shape index (κ3) is 5.22. The Morgan fingerprint density at radius 2 is 1.60 bits per heavy atom. The zero-order chi connectivity index (χ0) is 36.7. The number of carbonyl (C=O) groups is 2. The molecule has 2 N–H and O–H groups in total. The predicted molar refractivity (Wildman–Crippen MR) is 194 cm³/mol. The molecular formula is C35H34Cl3F2N7O3. The van der Waals surface area contributed by atoms with Crippen LogP contribution in [-0.2, 0) is 9.59 Å². The van der Waals surface area contributed by atoms with Crippen LogP contribution in [0.5, 0.6) is 0 Å². The largest absolute Gasteiger partial charge is 0.397 e. The van der Waals surface area contributed by atoms with E-state index < -0.39 is 51.3 Å². The highest BCUT2D eigenvalue weighted by atomic mass is 35.5. The van der Waals surface area contributed by atoms with Crippen LogP contribution in [0.4, 0.5) is 25.8 Å². The second kappa shape index (κ2) is 12.8. The zero-order valence-electron chi connectivity index (χ0n) is 28.1. The number of aromatic nitrogens is 3. The summed E-state index contributed by atoms with van der Waals surface area (Å²) in [5, 5.41) is -0.760. The summed E-state index contributed by atoms with van der Waals surface area (Å²) in [4.78, 5) is 55.5. The third-order valence-electron chi connectivity index (χ3n) is 9.39. The van der Waals surface area contributed by atoms with Crippen molar-refractivity contribution in [2.24, 2.45) is 0 Å². The van der Waals surface area contributed by atoms with E-state index >= 15 is 13.6 Å². The molecule has 0 bridgehead atoms. The molecule has 4 aromatic rings. The van der Waals surface area contributed by atoms with Crippen molar-refractivity contribution in [3.63, 3.8) is 0 Å². The molecule has 0 aliphatic carbocycles. The predicted octanol–water partition coefficient (Wildman–Crippen LogP) is 7.08. The summed E-state index contributed by atoms with van der Waals surface area (Å²) in [6.45, 7) is 13.1. The van der Waals surface area contributed by atoms with Crippen molar-refractivity contribution in [3.05, 3.63) is 79.6 Å². The zero-order valence-corrected chi connectivity index (χ0v) is 30.4. The normalized spacial score (nSPS) is 17.5. The fraction of sp³-hybridized carbons (Fsp3) is 0.343. The number of hydrogen-bond donors (Lipinski definition) is 1. The van der Waals surface area contributed by atoms with Gasteiger partial charge in [0.05, 0.1) is 55.6 Å². The van der Waals surface area contributed by atoms with E-state index in [1.807, 2.05) is 27.7 Å². The Kier molecular flexibility index (Phi) is 9.11. The number of nitrogen functional groups attached to an aromatic ring is 1. The summed E-state index contributed by atoms with van der Waals surface area (Å²) >= 11 is 19.7. The molecule has 2 aromatic heterocycles. The maximum atomic E-state index is 16.7. The van der Waals surface area contributed by atoms with Crippen LogP contribution in [-0.4, -0.2) is 63.5 Å². The van der Waals surface area contributed by atoms with Crippen LogP contribution >= 0.6 is 34.8 Å². The van der Waals surface area contributed by atoms with Gasteiger partial charge in [-0.05, 0) is 37.0 Å². The number of hydrogen-bond acceptors (Lipinski definition) is 7. The third-order valence-corrected chi connectivity index (χ3v) is 10.3. The highest BCUT2D eigenvalue weighted by Crippen LogP contribution is 2.49. The van der Waals surface area contributed by atoms with Gasteiger partial charge in [0.25, 0.3) is 11.5 Å². The standard InChI is InChI=1S/C35H34Cl3F2N7O3/c1-8-22(48)45-12-21-34(49)44(7)33-31(46(21)11-16(45)6)17-9-20(39)23(24-26(40)18(36)10-19(37)27(24)41)25(38)30(17)47(35(33)50)32-28(14(2)3)42-13-43-29(32)15(4)5/h8-10,13-16,21H,1,11-12,41H2,2-7H3. The lowest BCUT2D eigenvalue weighted by atomic mass is 9.94. The first-order valence-electron chi connectivity index (χ1n) is 15.9. The highest BCUT2D eigenvalue weighted by molar-refractivity contribution is 6.40. The van der Waals surface area contributed by atoms with Gasteiger partial charge in [0.2, 0.25) is 5.91 Å². The van der Waals surface area contributed by atoms with Gasteiger partial charge in [-0.25, -0.2) is 18.7 Å². The number of anilines is 3. The van der Waals surface area contributed by atoms with E-state index in [2.05, 4.69) is 16.5 Å². The van der Waals surface area contributed by atoms with Crippen molar-refractivity contribution in [1.82, 2.24) is 19.4 Å². The van der Waals surface area contributed by atoms with Gasteiger partial charge in [0.15, 0.2) is 5.82 Å². The maximum absolute atomic E-state index is 16.7. The molecule has 2 aliphatic rings. The fourth-order valence-corrected chi connectivity index (χ4v) is 7.84. The van der Waals surface area contributed by atoms with Crippen LogP contribution in [0.3, 0.4) is 0 Å². The number of fused-ring (bicyclic) bond motifs is 5. The molecule has 0 spiro atoms. The Labute approximate surface area is 302 Å². The van der Waals surface area contributed by atoms with Crippen LogP contribution < -0.4 is 21.1 Å². The minimum absolute atomic E-state index is 0.000867. The Morgan fingerprint density at radius 3 is 2.18 bits per heavy atom. The van der Waals surface area contributed by atoms with Crippen molar-refractivity contribution in [2.45, 2.75) is 58.5 Å². The van der Waals surface area contributed by atoms with Crippen molar-refractivity contribution >= 4 is 74.6 Å². The number of rotatable bonds is 5. The molecule has 2 aliphatic heterocycles. The van der Waals surface area contributed by atoms with E-state index in [9.17, 15) is 9.59 Å². The molecule has 15 heteroatoms. The summed E-state index contributed by atoms with van der Waals surface area (Å²) in [5.41, 5.74) is 5.76. The van der Waals surface area contributed by atoms with E-state index in [0.29, 0.717) is 17.1 Å². The number of nitrogens with zero attached hydrogens (tertiary/aromatic N) is 6. The van der Waals surface area contributed by atoms with E-state index in [0.717, 1.165) is 12.1 Å². The molecule has 262 valence electrons. The first kappa shape index (κ1) is 35.6. The van der Waals surface area contributed by atoms with Gasteiger partial charge < -0.3 is 20.4 Å². The van der Waals surface area contributed by atoms with Crippen LogP contribution in [0, 0.1) is 11.6 Å². The molecule has 2 aromatic carbocycles. The van der Waals surface area contributed by atoms with Gasteiger partial charge in [0.1, 0.15) is 23.9 Å². The number of halogens is 5. The minimum atomic E-state index is -1.06. The summed E-state index contributed by atoms with van der Waals surface area (Å²) in [6, 6.07) is 0.888. The fourth-order valence-electron chi connectivity index (χ4n) is 7.01. The van der Waals surface area contributed by atoms with Crippen molar-refractivity contribution < 1.29 is 18.4 Å². The van der Waals surface area contributed by atoms with Gasteiger partial charge in [-0.1, -0.05) is 69.1 Å². The summed E-state index contributed by atoms with van der Waals surface area (Å²) in [7, 11) is 1.46. The second-order valence-corrected chi connectivity index (χ2v) is 14.3. The van der Waals surface area contributed by atoms with E-state index in [1.165, 1.54) is 33.8 Å². The molecule has 2 unspecified atom stereocenters. The Morgan fingerprint density at radius 1 is 0.980 bits per heavy atom. The first-order valence-corrected chi connectivity index (χ1v) is 17.0. The maximum Gasteiger partial charge on any atom is 0.281 e. The first-order chi connectivity index (χ1) is 23.5. The van der Waals surface area contributed by atoms with Crippen molar-refractivity contribution in [3.8, 4) is 16.8 Å². The monoisotopic (exact) mass is 743 g/mol. The molecule has 1 fully saturated rings. The molecule has 6 rings (SSSR count). The molecule has 2 atom stereocenters. The van der Waals surface area contributed by atoms with Crippen LogP contribution in [0.1, 0.15) is 57.8 Å². The quantitative estimate of drug-likeness (QED) is 0.132. The SMILES string of the molecule is C=CC(=O)N1CC2C(=O)N(C)c3c(c4cc(F)c(-c5c(N)c(Cl)cc(Cl)c5F)c(Cl)c4n(-c4c(C(C)C)ncnc4C(C)C)c3=O)N2CC1C. The number of benzene rings is 2. The molecule has 2 amide bonds. The van der Waals surface area contributed by atoms with Crippen LogP contribution in [0.2, 0.25) is 15.1 Å². The van der Waals surface area contributed by atoms with E-state index in [1.54, 1.807) is 11.8 Å². The summed E-state index contributed by atoms with van der Waals surface area (Å²) < 4.78 is 33.8. The van der Waals surface area contributed by atoms with Gasteiger partial charge in [-0.3, -0.25) is 19.0 Å². The van der Waals surface area contributed by atoms with Gasteiger partial charge in [-0.2, -0.15) is 0 Å². The molecule has 4 heterocycles. The Balaban J connectivity index is 1.84. The molecule has 0 saturated carbocycles. The van der Waals surface area contributed by atoms with E-state index in [-0.39, 0.29) is 68.8 Å². The van der Waals surface area contributed by atoms with Gasteiger partial charge in [0, 0.05) is 36.1 Å². The van der Waals surface area contributed by atoms with Gasteiger partial charge in [-0.15, -0.1) is 0 Å². The summed E-state index contributed by atoms with van der Waals surface area (Å²) in [6.07, 6.45) is 2.58. The lowest BCUT2D eigenvalue weighted by Crippen LogP contribution is -2.66. The number of pyridine rings is 1. The number of nitrogens with two attached hydrogens (primary N) is 1. The smallest absolute Gasteiger partial charge is 0.281 e. The number of likely N-dealkylation sites (N-methyl/N-ethyl adjacent to an activating group) is 1. The molecular weight excluding hydrogens is 711 g/mol. The highest BCUT2D eigenvalue weighted by Gasteiger charge is 2.46.